The predicted molar refractivity (Wildman–Crippen MR) is 74.2 cm³/mol. The summed E-state index contributed by atoms with van der Waals surface area (Å²) < 4.78 is 0. The minimum Gasteiger partial charge on any atom is -0.340 e. The summed E-state index contributed by atoms with van der Waals surface area (Å²) in [4.78, 5) is 15.5. The number of benzene rings is 1. The standard InChI is InChI=1S/C15H20N2O/c1-14(18)17-12-10-16(11-13-17)9-5-8-15-6-3-2-4-7-15/h2-8H,9-13H2,1H3/b8-5-. The summed E-state index contributed by atoms with van der Waals surface area (Å²) in [5.74, 6) is 0.189. The summed E-state index contributed by atoms with van der Waals surface area (Å²) in [6.45, 7) is 6.26. The van der Waals surface area contributed by atoms with Crippen molar-refractivity contribution < 1.29 is 4.79 Å². The van der Waals surface area contributed by atoms with Gasteiger partial charge in [-0.05, 0) is 5.56 Å². The molecule has 2 rings (SSSR count). The van der Waals surface area contributed by atoms with Crippen LogP contribution in [0.25, 0.3) is 6.08 Å². The topological polar surface area (TPSA) is 23.6 Å². The molecule has 1 heterocycles. The van der Waals surface area contributed by atoms with Crippen LogP contribution in [0.15, 0.2) is 36.4 Å². The van der Waals surface area contributed by atoms with E-state index in [9.17, 15) is 4.79 Å². The highest BCUT2D eigenvalue weighted by Gasteiger charge is 2.16. The molecule has 96 valence electrons. The third-order valence-corrected chi connectivity index (χ3v) is 3.29. The Hall–Kier alpha value is -1.61. The van der Waals surface area contributed by atoms with Crippen LogP contribution in [-0.4, -0.2) is 48.4 Å². The van der Waals surface area contributed by atoms with E-state index in [1.807, 2.05) is 23.1 Å². The Morgan fingerprint density at radius 3 is 2.44 bits per heavy atom. The molecule has 18 heavy (non-hydrogen) atoms. The maximum Gasteiger partial charge on any atom is 0.219 e. The van der Waals surface area contributed by atoms with Gasteiger partial charge in [0.05, 0.1) is 0 Å². The van der Waals surface area contributed by atoms with Crippen LogP contribution in [0.5, 0.6) is 0 Å². The molecule has 0 atom stereocenters. The number of rotatable bonds is 3. The van der Waals surface area contributed by atoms with E-state index in [1.54, 1.807) is 6.92 Å². The van der Waals surface area contributed by atoms with Gasteiger partial charge in [0.25, 0.3) is 0 Å². The fraction of sp³-hybridized carbons (Fsp3) is 0.400. The number of carbonyl (C=O) groups excluding carboxylic acids is 1. The zero-order chi connectivity index (χ0) is 12.8. The summed E-state index contributed by atoms with van der Waals surface area (Å²) in [5, 5.41) is 0. The number of carbonyl (C=O) groups is 1. The number of hydrogen-bond acceptors (Lipinski definition) is 2. The van der Waals surface area contributed by atoms with Crippen molar-refractivity contribution in [3.8, 4) is 0 Å². The van der Waals surface area contributed by atoms with Gasteiger partial charge in [0.1, 0.15) is 0 Å². The molecule has 0 saturated carbocycles. The van der Waals surface area contributed by atoms with Gasteiger partial charge in [-0.25, -0.2) is 0 Å². The molecule has 0 aliphatic carbocycles. The van der Waals surface area contributed by atoms with E-state index in [1.165, 1.54) is 5.56 Å². The largest absolute Gasteiger partial charge is 0.340 e. The van der Waals surface area contributed by atoms with Gasteiger partial charge >= 0.3 is 0 Å². The third kappa shape index (κ3) is 3.70. The lowest BCUT2D eigenvalue weighted by Gasteiger charge is -2.33. The molecule has 1 aromatic rings. The molecular formula is C15H20N2O. The Kier molecular flexibility index (Phi) is 4.53. The molecule has 1 aliphatic heterocycles. The van der Waals surface area contributed by atoms with Gasteiger partial charge in [-0.2, -0.15) is 0 Å². The first-order valence-corrected chi connectivity index (χ1v) is 6.45. The molecule has 1 aromatic carbocycles. The van der Waals surface area contributed by atoms with Gasteiger partial charge in [0.15, 0.2) is 0 Å². The number of piperazine rings is 1. The quantitative estimate of drug-likeness (QED) is 0.810. The lowest BCUT2D eigenvalue weighted by molar-refractivity contribution is -0.130. The summed E-state index contributed by atoms with van der Waals surface area (Å²) >= 11 is 0. The van der Waals surface area contributed by atoms with Crippen LogP contribution >= 0.6 is 0 Å². The molecule has 3 nitrogen and oxygen atoms in total. The number of nitrogens with zero attached hydrogens (tertiary/aromatic N) is 2. The summed E-state index contributed by atoms with van der Waals surface area (Å²) in [6, 6.07) is 10.3. The molecule has 0 spiro atoms. The molecule has 0 N–H and O–H groups in total. The summed E-state index contributed by atoms with van der Waals surface area (Å²) in [5.41, 5.74) is 1.24. The van der Waals surface area contributed by atoms with Gasteiger partial charge in [0.2, 0.25) is 5.91 Å². The van der Waals surface area contributed by atoms with Crippen LogP contribution in [0, 0.1) is 0 Å². The Morgan fingerprint density at radius 2 is 1.83 bits per heavy atom. The first-order chi connectivity index (χ1) is 8.75. The molecule has 1 aliphatic rings. The van der Waals surface area contributed by atoms with Crippen LogP contribution < -0.4 is 0 Å². The Labute approximate surface area is 109 Å². The molecule has 1 fully saturated rings. The van der Waals surface area contributed by atoms with E-state index in [2.05, 4.69) is 29.2 Å². The predicted octanol–water partition coefficient (Wildman–Crippen LogP) is 1.86. The Bertz CT molecular complexity index is 406. The van der Waals surface area contributed by atoms with Crippen LogP contribution in [0.4, 0.5) is 0 Å². The van der Waals surface area contributed by atoms with Gasteiger partial charge in [-0.15, -0.1) is 0 Å². The molecule has 1 amide bonds. The van der Waals surface area contributed by atoms with Crippen molar-refractivity contribution in [1.82, 2.24) is 9.80 Å². The molecule has 0 radical (unpaired) electrons. The Morgan fingerprint density at radius 1 is 1.17 bits per heavy atom. The zero-order valence-corrected chi connectivity index (χ0v) is 10.9. The Balaban J connectivity index is 1.76. The molecule has 0 aromatic heterocycles. The van der Waals surface area contributed by atoms with Crippen molar-refractivity contribution in [1.29, 1.82) is 0 Å². The smallest absolute Gasteiger partial charge is 0.219 e. The van der Waals surface area contributed by atoms with Crippen LogP contribution in [0.2, 0.25) is 0 Å². The lowest BCUT2D eigenvalue weighted by Crippen LogP contribution is -2.47. The van der Waals surface area contributed by atoms with Crippen LogP contribution in [0.3, 0.4) is 0 Å². The van der Waals surface area contributed by atoms with Gasteiger partial charge in [-0.1, -0.05) is 42.5 Å². The van der Waals surface area contributed by atoms with Gasteiger partial charge in [-0.3, -0.25) is 9.69 Å². The van der Waals surface area contributed by atoms with Crippen molar-refractivity contribution in [2.75, 3.05) is 32.7 Å². The molecule has 0 unspecified atom stereocenters. The SMILES string of the molecule is CC(=O)N1CCN(C/C=C\c2ccccc2)CC1. The lowest BCUT2D eigenvalue weighted by atomic mass is 10.2. The van der Waals surface area contributed by atoms with Crippen molar-refractivity contribution >= 4 is 12.0 Å². The minimum absolute atomic E-state index is 0.189. The van der Waals surface area contributed by atoms with Gasteiger partial charge in [0, 0.05) is 39.6 Å². The first kappa shape index (κ1) is 12.8. The van der Waals surface area contributed by atoms with E-state index < -0.39 is 0 Å². The van der Waals surface area contributed by atoms with E-state index >= 15 is 0 Å². The maximum atomic E-state index is 11.2. The third-order valence-electron chi connectivity index (χ3n) is 3.29. The van der Waals surface area contributed by atoms with Crippen molar-refractivity contribution in [2.24, 2.45) is 0 Å². The van der Waals surface area contributed by atoms with Crippen LogP contribution in [0.1, 0.15) is 12.5 Å². The average molecular weight is 244 g/mol. The molecule has 1 saturated heterocycles. The van der Waals surface area contributed by atoms with Crippen molar-refractivity contribution in [3.05, 3.63) is 42.0 Å². The average Bonchev–Trinajstić information content (AvgIpc) is 2.40. The highest BCUT2D eigenvalue weighted by molar-refractivity contribution is 5.73. The van der Waals surface area contributed by atoms with Crippen LogP contribution in [-0.2, 0) is 4.79 Å². The minimum atomic E-state index is 0.189. The monoisotopic (exact) mass is 244 g/mol. The van der Waals surface area contributed by atoms with E-state index in [0.717, 1.165) is 32.7 Å². The van der Waals surface area contributed by atoms with Crippen molar-refractivity contribution in [3.63, 3.8) is 0 Å². The highest BCUT2D eigenvalue weighted by atomic mass is 16.2. The highest BCUT2D eigenvalue weighted by Crippen LogP contribution is 2.04. The molecule has 0 bridgehead atoms. The number of hydrogen-bond donors (Lipinski definition) is 0. The van der Waals surface area contributed by atoms with Gasteiger partial charge < -0.3 is 4.90 Å². The van der Waals surface area contributed by atoms with Crippen molar-refractivity contribution in [2.45, 2.75) is 6.92 Å². The summed E-state index contributed by atoms with van der Waals surface area (Å²) in [7, 11) is 0. The fourth-order valence-corrected chi connectivity index (χ4v) is 2.15. The molecular weight excluding hydrogens is 224 g/mol. The van der Waals surface area contributed by atoms with E-state index in [0.29, 0.717) is 0 Å². The second-order valence-electron chi connectivity index (χ2n) is 4.62. The van der Waals surface area contributed by atoms with E-state index in [-0.39, 0.29) is 5.91 Å². The summed E-state index contributed by atoms with van der Waals surface area (Å²) in [6.07, 6.45) is 4.34. The fourth-order valence-electron chi connectivity index (χ4n) is 2.15. The normalized spacial score (nSPS) is 17.3. The maximum absolute atomic E-state index is 11.2. The number of amides is 1. The molecule has 3 heteroatoms. The van der Waals surface area contributed by atoms with E-state index in [4.69, 9.17) is 0 Å². The first-order valence-electron chi connectivity index (χ1n) is 6.45. The second-order valence-corrected chi connectivity index (χ2v) is 4.62. The zero-order valence-electron chi connectivity index (χ0n) is 10.9. The second kappa shape index (κ2) is 6.36.